The highest BCUT2D eigenvalue weighted by Gasteiger charge is 2.33. The third-order valence-electron chi connectivity index (χ3n) is 4.90. The Morgan fingerprint density at radius 1 is 1.11 bits per heavy atom. The van der Waals surface area contributed by atoms with E-state index in [1.54, 1.807) is 36.5 Å². The van der Waals surface area contributed by atoms with Crippen molar-refractivity contribution in [2.24, 2.45) is 5.92 Å². The van der Waals surface area contributed by atoms with Gasteiger partial charge in [0.05, 0.1) is 33.9 Å². The quantitative estimate of drug-likeness (QED) is 0.481. The van der Waals surface area contributed by atoms with Gasteiger partial charge in [0.2, 0.25) is 0 Å². The molecule has 0 atom stereocenters. The number of hydrogen-bond donors (Lipinski definition) is 0. The van der Waals surface area contributed by atoms with Crippen molar-refractivity contribution in [1.29, 1.82) is 0 Å². The van der Waals surface area contributed by atoms with Gasteiger partial charge in [-0.05, 0) is 48.2 Å². The molecule has 0 bridgehead atoms. The average Bonchev–Trinajstić information content (AvgIpc) is 2.64. The summed E-state index contributed by atoms with van der Waals surface area (Å²) in [6, 6.07) is 12.1. The number of fused-ring (bicyclic) bond motifs is 1. The fourth-order valence-electron chi connectivity index (χ4n) is 3.14. The normalized spacial score (nSPS) is 14.7. The van der Waals surface area contributed by atoms with E-state index in [4.69, 9.17) is 4.18 Å². The Bertz CT molecular complexity index is 1030. The predicted molar refractivity (Wildman–Crippen MR) is 101 cm³/mol. The Labute approximate surface area is 164 Å². The summed E-state index contributed by atoms with van der Waals surface area (Å²) in [4.78, 5) is 16.9. The Morgan fingerprint density at radius 3 is 2.61 bits per heavy atom. The highest BCUT2D eigenvalue weighted by atomic mass is 32.2. The lowest BCUT2D eigenvalue weighted by atomic mass is 9.86. The number of pyridine rings is 1. The molecule has 7 heteroatoms. The van der Waals surface area contributed by atoms with E-state index < -0.39 is 11.7 Å². The lowest BCUT2D eigenvalue weighted by Crippen LogP contribution is -2.22. The molecule has 1 aromatic heterocycles. The number of halogens is 3. The third kappa shape index (κ3) is 3.71. The van der Waals surface area contributed by atoms with Gasteiger partial charge in [-0.3, -0.25) is 9.78 Å². The van der Waals surface area contributed by atoms with Crippen LogP contribution in [-0.4, -0.2) is 11.0 Å². The molecule has 0 unspecified atom stereocenters. The minimum Gasteiger partial charge on any atom is -0.386 e. The van der Waals surface area contributed by atoms with Crippen LogP contribution in [0.1, 0.15) is 24.8 Å². The second-order valence-corrected chi connectivity index (χ2v) is 7.47. The van der Waals surface area contributed by atoms with Crippen LogP contribution in [0.4, 0.5) is 13.2 Å². The molecule has 1 aliphatic carbocycles. The second kappa shape index (κ2) is 7.47. The van der Waals surface area contributed by atoms with Crippen molar-refractivity contribution in [3.8, 4) is 11.1 Å². The second-order valence-electron chi connectivity index (χ2n) is 6.70. The molecule has 0 saturated heterocycles. The summed E-state index contributed by atoms with van der Waals surface area (Å²) < 4.78 is 45.5. The summed E-state index contributed by atoms with van der Waals surface area (Å²) in [6.45, 7) is 0. The van der Waals surface area contributed by atoms with Gasteiger partial charge in [0.15, 0.2) is 0 Å². The van der Waals surface area contributed by atoms with E-state index >= 15 is 0 Å². The zero-order chi connectivity index (χ0) is 19.7. The molecule has 28 heavy (non-hydrogen) atoms. The van der Waals surface area contributed by atoms with Gasteiger partial charge in [0.1, 0.15) is 0 Å². The van der Waals surface area contributed by atoms with Crippen LogP contribution < -0.4 is 0 Å². The molecular formula is C21H16F3NO2S. The van der Waals surface area contributed by atoms with Crippen molar-refractivity contribution in [3.63, 3.8) is 0 Å². The van der Waals surface area contributed by atoms with Crippen molar-refractivity contribution in [2.45, 2.75) is 30.3 Å². The Balaban J connectivity index is 1.70. The van der Waals surface area contributed by atoms with Gasteiger partial charge in [-0.2, -0.15) is 13.2 Å². The summed E-state index contributed by atoms with van der Waals surface area (Å²) in [6.07, 6.45) is -0.143. The summed E-state index contributed by atoms with van der Waals surface area (Å²) in [5.74, 6) is -0.297. The van der Waals surface area contributed by atoms with Gasteiger partial charge < -0.3 is 4.18 Å². The van der Waals surface area contributed by atoms with Crippen LogP contribution in [0.15, 0.2) is 59.6 Å². The number of hydrogen-bond acceptors (Lipinski definition) is 4. The van der Waals surface area contributed by atoms with Crippen LogP contribution in [0.5, 0.6) is 0 Å². The maximum atomic E-state index is 13.4. The van der Waals surface area contributed by atoms with Crippen LogP contribution in [-0.2, 0) is 15.2 Å². The van der Waals surface area contributed by atoms with Crippen LogP contribution in [0.25, 0.3) is 22.0 Å². The van der Waals surface area contributed by atoms with Gasteiger partial charge in [-0.15, -0.1) is 0 Å². The zero-order valence-corrected chi connectivity index (χ0v) is 15.5. The molecule has 1 heterocycles. The van der Waals surface area contributed by atoms with E-state index in [1.165, 1.54) is 12.1 Å². The van der Waals surface area contributed by atoms with Crippen LogP contribution in [0.2, 0.25) is 0 Å². The van der Waals surface area contributed by atoms with Gasteiger partial charge in [0, 0.05) is 11.6 Å². The monoisotopic (exact) mass is 403 g/mol. The molecule has 1 fully saturated rings. The highest BCUT2D eigenvalue weighted by molar-refractivity contribution is 7.95. The maximum absolute atomic E-state index is 13.4. The average molecular weight is 403 g/mol. The van der Waals surface area contributed by atoms with Crippen LogP contribution in [0.3, 0.4) is 0 Å². The first-order valence-corrected chi connectivity index (χ1v) is 9.61. The van der Waals surface area contributed by atoms with Gasteiger partial charge in [-0.1, -0.05) is 30.7 Å². The molecule has 3 nitrogen and oxygen atoms in total. The standard InChI is InChI=1S/C21H16F3NO2S/c22-21(23,24)17-7-2-1-6-15(17)14-8-9-18-16(12-14)19(10-11-25-18)28-27-20(26)13-4-3-5-13/h1-2,6-13H,3-5H2. The molecule has 4 rings (SSSR count). The number of carbonyl (C=O) groups is 1. The number of benzene rings is 2. The molecule has 144 valence electrons. The van der Waals surface area contributed by atoms with Crippen molar-refractivity contribution in [1.82, 2.24) is 4.98 Å². The largest absolute Gasteiger partial charge is 0.417 e. The molecule has 0 N–H and O–H groups in total. The molecule has 1 aliphatic rings. The van der Waals surface area contributed by atoms with Crippen molar-refractivity contribution >= 4 is 28.9 Å². The fraction of sp³-hybridized carbons (Fsp3) is 0.238. The first-order valence-electron chi connectivity index (χ1n) is 8.87. The third-order valence-corrected chi connectivity index (χ3v) is 5.68. The van der Waals surface area contributed by atoms with E-state index in [0.29, 0.717) is 21.4 Å². The first-order chi connectivity index (χ1) is 13.4. The lowest BCUT2D eigenvalue weighted by molar-refractivity contribution is -0.140. The van der Waals surface area contributed by atoms with Gasteiger partial charge in [-0.25, -0.2) is 0 Å². The molecule has 3 aromatic rings. The lowest BCUT2D eigenvalue weighted by Gasteiger charge is -2.22. The molecule has 0 spiro atoms. The number of aromatic nitrogens is 1. The first kappa shape index (κ1) is 18.8. The number of nitrogens with zero attached hydrogens (tertiary/aromatic N) is 1. The fourth-order valence-corrected chi connectivity index (χ4v) is 3.82. The summed E-state index contributed by atoms with van der Waals surface area (Å²) in [7, 11) is 0. The van der Waals surface area contributed by atoms with Crippen molar-refractivity contribution in [2.75, 3.05) is 0 Å². The zero-order valence-electron chi connectivity index (χ0n) is 14.7. The van der Waals surface area contributed by atoms with Gasteiger partial charge >= 0.3 is 12.1 Å². The van der Waals surface area contributed by atoms with Crippen molar-refractivity contribution in [3.05, 3.63) is 60.3 Å². The minimum atomic E-state index is -4.45. The molecule has 2 aromatic carbocycles. The Kier molecular flexibility index (Phi) is 5.02. The molecular weight excluding hydrogens is 387 g/mol. The van der Waals surface area contributed by atoms with Crippen molar-refractivity contribution < 1.29 is 22.1 Å². The van der Waals surface area contributed by atoms with E-state index in [0.717, 1.165) is 37.4 Å². The van der Waals surface area contributed by atoms with E-state index in [-0.39, 0.29) is 17.5 Å². The molecule has 0 amide bonds. The maximum Gasteiger partial charge on any atom is 0.417 e. The topological polar surface area (TPSA) is 39.2 Å². The SMILES string of the molecule is O=C(OSc1ccnc2ccc(-c3ccccc3C(F)(F)F)cc12)C1CCC1. The Morgan fingerprint density at radius 2 is 1.89 bits per heavy atom. The number of carbonyl (C=O) groups excluding carboxylic acids is 1. The van der Waals surface area contributed by atoms with Crippen LogP contribution in [0, 0.1) is 5.92 Å². The van der Waals surface area contributed by atoms with E-state index in [9.17, 15) is 18.0 Å². The number of alkyl halides is 3. The minimum absolute atomic E-state index is 0.0465. The van der Waals surface area contributed by atoms with Gasteiger partial charge in [0.25, 0.3) is 0 Å². The predicted octanol–water partition coefficient (Wildman–Crippen LogP) is 6.27. The van der Waals surface area contributed by atoms with Crippen LogP contribution >= 0.6 is 12.0 Å². The summed E-state index contributed by atoms with van der Waals surface area (Å²) in [5.41, 5.74) is 0.463. The Hall–Kier alpha value is -2.54. The molecule has 0 radical (unpaired) electrons. The number of rotatable bonds is 4. The van der Waals surface area contributed by atoms with E-state index in [2.05, 4.69) is 4.98 Å². The smallest absolute Gasteiger partial charge is 0.386 e. The highest BCUT2D eigenvalue weighted by Crippen LogP contribution is 2.39. The summed E-state index contributed by atoms with van der Waals surface area (Å²) >= 11 is 0.937. The summed E-state index contributed by atoms with van der Waals surface area (Å²) in [5, 5.41) is 0.642. The van der Waals surface area contributed by atoms with E-state index in [1.807, 2.05) is 0 Å². The molecule has 1 saturated carbocycles. The molecule has 0 aliphatic heterocycles.